The number of carbonyl (C=O) groups excluding carboxylic acids is 3. The quantitative estimate of drug-likeness (QED) is 0.495. The topological polar surface area (TPSA) is 109 Å². The molecule has 4 amide bonds. The van der Waals surface area contributed by atoms with Crippen molar-refractivity contribution in [2.75, 3.05) is 6.61 Å². The number of hydrogen-bond acceptors (Lipinski definition) is 4. The van der Waals surface area contributed by atoms with Crippen molar-refractivity contribution in [3.63, 3.8) is 0 Å². The van der Waals surface area contributed by atoms with Gasteiger partial charge in [-0.05, 0) is 0 Å². The maximum absolute atomic E-state index is 11.3. The van der Waals surface area contributed by atoms with Gasteiger partial charge in [-0.2, -0.15) is 0 Å². The highest BCUT2D eigenvalue weighted by Gasteiger charge is 2.53. The molecule has 0 unspecified atom stereocenters. The second-order valence-electron chi connectivity index (χ2n) is 4.67. The normalized spacial score (nSPS) is 29.2. The van der Waals surface area contributed by atoms with Gasteiger partial charge in [0.1, 0.15) is 6.17 Å². The van der Waals surface area contributed by atoms with Gasteiger partial charge in [-0.15, -0.1) is 0 Å². The van der Waals surface area contributed by atoms with E-state index in [9.17, 15) is 14.4 Å². The Hall–Kier alpha value is -1.99. The van der Waals surface area contributed by atoms with Crippen molar-refractivity contribution in [2.24, 2.45) is 5.92 Å². The summed E-state index contributed by atoms with van der Waals surface area (Å²) < 4.78 is 5.04. The minimum absolute atomic E-state index is 0.122. The Kier molecular flexibility index (Phi) is 3.02. The Balaban J connectivity index is 1.92. The number of urea groups is 2. The van der Waals surface area contributed by atoms with E-state index in [4.69, 9.17) is 4.74 Å². The third-order valence-electron chi connectivity index (χ3n) is 2.93. The average molecular weight is 256 g/mol. The highest BCUT2D eigenvalue weighted by atomic mass is 16.5. The zero-order chi connectivity index (χ0) is 13.3. The summed E-state index contributed by atoms with van der Waals surface area (Å²) in [5, 5.41) is 10.4. The second kappa shape index (κ2) is 4.35. The van der Waals surface area contributed by atoms with Crippen molar-refractivity contribution in [3.8, 4) is 0 Å². The lowest BCUT2D eigenvalue weighted by molar-refractivity contribution is -0.147. The summed E-state index contributed by atoms with van der Waals surface area (Å²) >= 11 is 0. The van der Waals surface area contributed by atoms with Gasteiger partial charge >= 0.3 is 18.0 Å². The molecule has 2 fully saturated rings. The van der Waals surface area contributed by atoms with Crippen LogP contribution in [0.2, 0.25) is 0 Å². The maximum atomic E-state index is 11.3. The number of amides is 4. The molecule has 2 rings (SSSR count). The first kappa shape index (κ1) is 12.5. The third-order valence-corrected chi connectivity index (χ3v) is 2.93. The third kappa shape index (κ3) is 2.18. The molecule has 0 aliphatic carbocycles. The predicted molar refractivity (Wildman–Crippen MR) is 60.3 cm³/mol. The SMILES string of the molecule is CC(C)C(=O)OCCC12NC(=O)NC1NC(=O)N2. The zero-order valence-corrected chi connectivity index (χ0v) is 10.2. The molecule has 2 aliphatic rings. The molecule has 0 radical (unpaired) electrons. The molecule has 2 aliphatic heterocycles. The van der Waals surface area contributed by atoms with E-state index in [1.54, 1.807) is 13.8 Å². The molecule has 2 saturated heterocycles. The number of nitrogens with one attached hydrogen (secondary N) is 4. The Labute approximate surface area is 104 Å². The molecule has 0 aromatic heterocycles. The van der Waals surface area contributed by atoms with E-state index in [2.05, 4.69) is 21.3 Å². The van der Waals surface area contributed by atoms with Crippen LogP contribution in [0.1, 0.15) is 20.3 Å². The minimum atomic E-state index is -0.925. The fourth-order valence-corrected chi connectivity index (χ4v) is 1.95. The summed E-state index contributed by atoms with van der Waals surface area (Å²) in [6.45, 7) is 3.60. The van der Waals surface area contributed by atoms with Crippen LogP contribution in [0.4, 0.5) is 9.59 Å². The number of fused-ring (bicyclic) bond motifs is 1. The van der Waals surface area contributed by atoms with Gasteiger partial charge in [0, 0.05) is 6.42 Å². The summed E-state index contributed by atoms with van der Waals surface area (Å²) in [7, 11) is 0. The smallest absolute Gasteiger partial charge is 0.318 e. The van der Waals surface area contributed by atoms with E-state index in [1.165, 1.54) is 0 Å². The van der Waals surface area contributed by atoms with Crippen molar-refractivity contribution >= 4 is 18.0 Å². The summed E-state index contributed by atoms with van der Waals surface area (Å²) in [6, 6.07) is -0.745. The first-order valence-electron chi connectivity index (χ1n) is 5.77. The van der Waals surface area contributed by atoms with Crippen LogP contribution < -0.4 is 21.3 Å². The highest BCUT2D eigenvalue weighted by Crippen LogP contribution is 2.20. The van der Waals surface area contributed by atoms with Crippen LogP contribution in [0.25, 0.3) is 0 Å². The van der Waals surface area contributed by atoms with Crippen LogP contribution in [-0.2, 0) is 9.53 Å². The zero-order valence-electron chi connectivity index (χ0n) is 10.2. The molecule has 8 nitrogen and oxygen atoms in total. The Morgan fingerprint density at radius 2 is 1.83 bits per heavy atom. The van der Waals surface area contributed by atoms with Crippen LogP contribution >= 0.6 is 0 Å². The van der Waals surface area contributed by atoms with Gasteiger partial charge in [-0.25, -0.2) is 9.59 Å². The summed E-state index contributed by atoms with van der Waals surface area (Å²) in [5.74, 6) is -0.511. The van der Waals surface area contributed by atoms with Crippen LogP contribution in [-0.4, -0.2) is 36.5 Å². The van der Waals surface area contributed by atoms with Gasteiger partial charge in [-0.3, -0.25) is 4.79 Å². The molecular formula is C10H16N4O4. The molecular weight excluding hydrogens is 240 g/mol. The van der Waals surface area contributed by atoms with Crippen molar-refractivity contribution in [1.29, 1.82) is 0 Å². The Bertz CT molecular complexity index is 375. The largest absolute Gasteiger partial charge is 0.465 e. The molecule has 18 heavy (non-hydrogen) atoms. The lowest BCUT2D eigenvalue weighted by Crippen LogP contribution is -2.57. The number of esters is 1. The minimum Gasteiger partial charge on any atom is -0.465 e. The molecule has 0 aromatic rings. The number of ether oxygens (including phenoxy) is 1. The number of rotatable bonds is 4. The molecule has 4 N–H and O–H groups in total. The van der Waals surface area contributed by atoms with E-state index < -0.39 is 11.8 Å². The molecule has 0 atom stereocenters. The average Bonchev–Trinajstić information content (AvgIpc) is 2.68. The monoisotopic (exact) mass is 256 g/mol. The lowest BCUT2D eigenvalue weighted by Gasteiger charge is -2.26. The van der Waals surface area contributed by atoms with E-state index in [1.807, 2.05) is 0 Å². The number of hydrogen-bond donors (Lipinski definition) is 4. The second-order valence-corrected chi connectivity index (χ2v) is 4.67. The Morgan fingerprint density at radius 3 is 2.33 bits per heavy atom. The summed E-state index contributed by atoms with van der Waals surface area (Å²) in [5.41, 5.74) is -0.925. The van der Waals surface area contributed by atoms with Gasteiger partial charge < -0.3 is 26.0 Å². The molecule has 2 heterocycles. The predicted octanol–water partition coefficient (Wildman–Crippen LogP) is -0.776. The van der Waals surface area contributed by atoms with Crippen LogP contribution in [0.15, 0.2) is 0 Å². The molecule has 8 heteroatoms. The van der Waals surface area contributed by atoms with Gasteiger partial charge in [0.25, 0.3) is 0 Å². The fourth-order valence-electron chi connectivity index (χ4n) is 1.95. The van der Waals surface area contributed by atoms with Gasteiger partial charge in [-0.1, -0.05) is 13.8 Å². The van der Waals surface area contributed by atoms with Gasteiger partial charge in [0.05, 0.1) is 12.5 Å². The maximum Gasteiger partial charge on any atom is 0.318 e. The Morgan fingerprint density at radius 1 is 1.28 bits per heavy atom. The first-order chi connectivity index (χ1) is 8.43. The molecule has 0 spiro atoms. The van der Waals surface area contributed by atoms with Crippen LogP contribution in [0.5, 0.6) is 0 Å². The van der Waals surface area contributed by atoms with E-state index in [-0.39, 0.29) is 30.6 Å². The highest BCUT2D eigenvalue weighted by molar-refractivity contribution is 5.86. The fraction of sp³-hybridized carbons (Fsp3) is 0.700. The van der Waals surface area contributed by atoms with Gasteiger partial charge in [0.15, 0.2) is 5.66 Å². The summed E-state index contributed by atoms with van der Waals surface area (Å²) in [6.07, 6.45) is -0.233. The number of carbonyl (C=O) groups is 3. The molecule has 0 saturated carbocycles. The van der Waals surface area contributed by atoms with Crippen LogP contribution in [0, 0.1) is 5.92 Å². The van der Waals surface area contributed by atoms with Crippen molar-refractivity contribution in [3.05, 3.63) is 0 Å². The van der Waals surface area contributed by atoms with Gasteiger partial charge in [0.2, 0.25) is 0 Å². The molecule has 0 aromatic carbocycles. The standard InChI is InChI=1S/C10H16N4O4/c1-5(2)6(15)18-4-3-10-7(11-8(16)13-10)12-9(17)14-10/h5,7H,3-4H2,1-2H3,(H2,11,13,16)(H2,12,14,17). The molecule has 100 valence electrons. The summed E-state index contributed by atoms with van der Waals surface area (Å²) in [4.78, 5) is 33.8. The van der Waals surface area contributed by atoms with Crippen LogP contribution in [0.3, 0.4) is 0 Å². The van der Waals surface area contributed by atoms with E-state index in [0.29, 0.717) is 6.42 Å². The molecule has 0 bridgehead atoms. The van der Waals surface area contributed by atoms with Crippen molar-refractivity contribution in [2.45, 2.75) is 32.1 Å². The van der Waals surface area contributed by atoms with E-state index in [0.717, 1.165) is 0 Å². The van der Waals surface area contributed by atoms with Crippen molar-refractivity contribution < 1.29 is 19.1 Å². The lowest BCUT2D eigenvalue weighted by atomic mass is 10.1. The van der Waals surface area contributed by atoms with E-state index >= 15 is 0 Å². The van der Waals surface area contributed by atoms with Crippen molar-refractivity contribution in [1.82, 2.24) is 21.3 Å². The first-order valence-corrected chi connectivity index (χ1v) is 5.77.